The number of carbonyl (C=O) groups is 1. The Morgan fingerprint density at radius 1 is 0.947 bits per heavy atom. The number of ether oxygens (including phenoxy) is 2. The quantitative estimate of drug-likeness (QED) is 0.772. The zero-order valence-corrected chi connectivity index (χ0v) is 10.6. The summed E-state index contributed by atoms with van der Waals surface area (Å²) in [6, 6.07) is 18.9. The van der Waals surface area contributed by atoms with Gasteiger partial charge in [-0.1, -0.05) is 60.7 Å². The Labute approximate surface area is 111 Å². The van der Waals surface area contributed by atoms with Crippen LogP contribution in [0.25, 0.3) is 0 Å². The molecule has 0 aromatic heterocycles. The molecule has 1 aliphatic heterocycles. The van der Waals surface area contributed by atoms with Crippen molar-refractivity contribution in [2.24, 2.45) is 0 Å². The van der Waals surface area contributed by atoms with E-state index in [1.54, 1.807) is 6.92 Å². The maximum absolute atomic E-state index is 12.0. The fourth-order valence-electron chi connectivity index (χ4n) is 2.24. The Morgan fingerprint density at radius 2 is 1.53 bits per heavy atom. The summed E-state index contributed by atoms with van der Waals surface area (Å²) in [5.74, 6) is -1.36. The third-order valence-corrected chi connectivity index (χ3v) is 3.25. The largest absolute Gasteiger partial charge is 0.427 e. The first-order valence-corrected chi connectivity index (χ1v) is 6.20. The molecule has 0 aliphatic carbocycles. The molecular formula is C16H14O3. The predicted molar refractivity (Wildman–Crippen MR) is 70.2 cm³/mol. The molecule has 3 rings (SSSR count). The lowest BCUT2D eigenvalue weighted by Crippen LogP contribution is -2.22. The van der Waals surface area contributed by atoms with Gasteiger partial charge in [-0.25, -0.2) is 4.79 Å². The van der Waals surface area contributed by atoms with Gasteiger partial charge in [-0.05, 0) is 5.56 Å². The van der Waals surface area contributed by atoms with Gasteiger partial charge in [-0.3, -0.25) is 0 Å². The van der Waals surface area contributed by atoms with Crippen LogP contribution in [0.5, 0.6) is 0 Å². The van der Waals surface area contributed by atoms with Gasteiger partial charge in [0.15, 0.2) is 6.10 Å². The summed E-state index contributed by atoms with van der Waals surface area (Å²) in [6.07, 6.45) is -0.661. The SMILES string of the molecule is C[C@]1(c2ccccc2)OC(=O)[C@@H](c2ccccc2)O1. The maximum Gasteiger partial charge on any atom is 0.342 e. The minimum Gasteiger partial charge on any atom is -0.427 e. The molecule has 1 fully saturated rings. The van der Waals surface area contributed by atoms with E-state index in [4.69, 9.17) is 9.47 Å². The molecule has 2 aromatic carbocycles. The van der Waals surface area contributed by atoms with E-state index in [0.29, 0.717) is 0 Å². The van der Waals surface area contributed by atoms with Crippen LogP contribution in [0.4, 0.5) is 0 Å². The summed E-state index contributed by atoms with van der Waals surface area (Å²) < 4.78 is 11.3. The summed E-state index contributed by atoms with van der Waals surface area (Å²) in [4.78, 5) is 12.0. The highest BCUT2D eigenvalue weighted by atomic mass is 16.8. The first-order chi connectivity index (χ1) is 9.19. The first-order valence-electron chi connectivity index (χ1n) is 6.20. The molecule has 1 aliphatic rings. The van der Waals surface area contributed by atoms with Gasteiger partial charge < -0.3 is 9.47 Å². The normalized spacial score (nSPS) is 26.2. The number of hydrogen-bond acceptors (Lipinski definition) is 3. The predicted octanol–water partition coefficient (Wildman–Crippen LogP) is 3.17. The first kappa shape index (κ1) is 11.9. The van der Waals surface area contributed by atoms with Crippen LogP contribution in [0.15, 0.2) is 60.7 Å². The van der Waals surface area contributed by atoms with Crippen molar-refractivity contribution in [3.8, 4) is 0 Å². The number of esters is 1. The summed E-state index contributed by atoms with van der Waals surface area (Å²) in [5, 5.41) is 0. The Balaban J connectivity index is 1.92. The van der Waals surface area contributed by atoms with Crippen molar-refractivity contribution < 1.29 is 14.3 Å². The number of cyclic esters (lactones) is 1. The van der Waals surface area contributed by atoms with Crippen LogP contribution >= 0.6 is 0 Å². The Bertz CT molecular complexity index is 579. The number of benzene rings is 2. The average molecular weight is 254 g/mol. The molecule has 2 aromatic rings. The summed E-state index contributed by atoms with van der Waals surface area (Å²) in [7, 11) is 0. The molecule has 0 spiro atoms. The van der Waals surface area contributed by atoms with E-state index in [9.17, 15) is 4.79 Å². The number of carbonyl (C=O) groups excluding carboxylic acids is 1. The van der Waals surface area contributed by atoms with E-state index >= 15 is 0 Å². The van der Waals surface area contributed by atoms with Crippen LogP contribution in [-0.4, -0.2) is 5.97 Å². The van der Waals surface area contributed by atoms with Crippen molar-refractivity contribution in [2.45, 2.75) is 18.8 Å². The standard InChI is InChI=1S/C16H14O3/c1-16(13-10-6-3-7-11-13)18-14(15(17)19-16)12-8-4-2-5-9-12/h2-11,14H,1H3/t14-,16-/m1/s1. The highest BCUT2D eigenvalue weighted by molar-refractivity contribution is 5.78. The van der Waals surface area contributed by atoms with Gasteiger partial charge in [-0.15, -0.1) is 0 Å². The average Bonchev–Trinajstić information content (AvgIpc) is 2.77. The Morgan fingerprint density at radius 3 is 2.16 bits per heavy atom. The van der Waals surface area contributed by atoms with E-state index in [-0.39, 0.29) is 5.97 Å². The second-order valence-electron chi connectivity index (χ2n) is 4.64. The number of rotatable bonds is 2. The number of hydrogen-bond donors (Lipinski definition) is 0. The fourth-order valence-corrected chi connectivity index (χ4v) is 2.24. The fraction of sp³-hybridized carbons (Fsp3) is 0.188. The van der Waals surface area contributed by atoms with Crippen LogP contribution < -0.4 is 0 Å². The molecule has 0 N–H and O–H groups in total. The van der Waals surface area contributed by atoms with Crippen LogP contribution in [0, 0.1) is 0 Å². The molecule has 1 heterocycles. The molecular weight excluding hydrogens is 240 g/mol. The van der Waals surface area contributed by atoms with Gasteiger partial charge in [-0.2, -0.15) is 0 Å². The van der Waals surface area contributed by atoms with E-state index in [2.05, 4.69) is 0 Å². The Kier molecular flexibility index (Phi) is 2.84. The summed E-state index contributed by atoms with van der Waals surface area (Å²) >= 11 is 0. The van der Waals surface area contributed by atoms with Crippen molar-refractivity contribution in [1.82, 2.24) is 0 Å². The van der Waals surface area contributed by atoms with Crippen molar-refractivity contribution >= 4 is 5.97 Å². The lowest BCUT2D eigenvalue weighted by molar-refractivity contribution is -0.174. The van der Waals surface area contributed by atoms with Crippen molar-refractivity contribution in [3.05, 3.63) is 71.8 Å². The molecule has 3 heteroatoms. The van der Waals surface area contributed by atoms with Gasteiger partial charge >= 0.3 is 5.97 Å². The van der Waals surface area contributed by atoms with Crippen LogP contribution in [0.2, 0.25) is 0 Å². The van der Waals surface area contributed by atoms with Crippen LogP contribution in [0.1, 0.15) is 24.2 Å². The van der Waals surface area contributed by atoms with Gasteiger partial charge in [0.25, 0.3) is 0 Å². The highest BCUT2D eigenvalue weighted by Gasteiger charge is 2.46. The van der Waals surface area contributed by atoms with E-state index in [0.717, 1.165) is 11.1 Å². The van der Waals surface area contributed by atoms with E-state index in [1.807, 2.05) is 60.7 Å². The molecule has 1 saturated heterocycles. The zero-order valence-electron chi connectivity index (χ0n) is 10.6. The highest BCUT2D eigenvalue weighted by Crippen LogP contribution is 2.40. The van der Waals surface area contributed by atoms with Crippen molar-refractivity contribution in [2.75, 3.05) is 0 Å². The summed E-state index contributed by atoms with van der Waals surface area (Å²) in [6.45, 7) is 1.77. The van der Waals surface area contributed by atoms with E-state index < -0.39 is 11.9 Å². The summed E-state index contributed by atoms with van der Waals surface area (Å²) in [5.41, 5.74) is 1.65. The molecule has 0 radical (unpaired) electrons. The molecule has 0 bridgehead atoms. The topological polar surface area (TPSA) is 35.5 Å². The van der Waals surface area contributed by atoms with Gasteiger partial charge in [0.1, 0.15) is 0 Å². The molecule has 96 valence electrons. The second kappa shape index (κ2) is 4.52. The third-order valence-electron chi connectivity index (χ3n) is 3.25. The molecule has 0 saturated carbocycles. The lowest BCUT2D eigenvalue weighted by atomic mass is 10.1. The van der Waals surface area contributed by atoms with E-state index in [1.165, 1.54) is 0 Å². The van der Waals surface area contributed by atoms with Crippen LogP contribution in [-0.2, 0) is 20.1 Å². The van der Waals surface area contributed by atoms with Gasteiger partial charge in [0.2, 0.25) is 5.79 Å². The van der Waals surface area contributed by atoms with Crippen molar-refractivity contribution in [3.63, 3.8) is 0 Å². The van der Waals surface area contributed by atoms with Crippen molar-refractivity contribution in [1.29, 1.82) is 0 Å². The monoisotopic (exact) mass is 254 g/mol. The van der Waals surface area contributed by atoms with Crippen LogP contribution in [0.3, 0.4) is 0 Å². The molecule has 0 amide bonds. The minimum atomic E-state index is -1.02. The van der Waals surface area contributed by atoms with Gasteiger partial charge in [0.05, 0.1) is 0 Å². The second-order valence-corrected chi connectivity index (χ2v) is 4.64. The molecule has 2 atom stereocenters. The third kappa shape index (κ3) is 2.13. The molecule has 3 nitrogen and oxygen atoms in total. The smallest absolute Gasteiger partial charge is 0.342 e. The zero-order chi connectivity index (χ0) is 13.3. The molecule has 0 unspecified atom stereocenters. The molecule has 19 heavy (non-hydrogen) atoms. The van der Waals surface area contributed by atoms with Gasteiger partial charge in [0, 0.05) is 12.5 Å². The lowest BCUT2D eigenvalue weighted by Gasteiger charge is -2.22. The minimum absolute atomic E-state index is 0.349. The Hall–Kier alpha value is -2.13. The maximum atomic E-state index is 12.0.